The van der Waals surface area contributed by atoms with E-state index < -0.39 is 0 Å². The van der Waals surface area contributed by atoms with Crippen molar-refractivity contribution in [1.29, 1.82) is 0 Å². The van der Waals surface area contributed by atoms with E-state index in [0.717, 1.165) is 0 Å². The van der Waals surface area contributed by atoms with Crippen LogP contribution in [0.1, 0.15) is 0 Å². The maximum Gasteiger partial charge on any atom is 0 e. The second kappa shape index (κ2) is 28.4. The van der Waals surface area contributed by atoms with Gasteiger partial charge in [0.1, 0.15) is 0 Å². The van der Waals surface area contributed by atoms with E-state index in [1.807, 2.05) is 6.26 Å². The molecule has 3 heteroatoms. The van der Waals surface area contributed by atoms with E-state index in [9.17, 15) is 0 Å². The van der Waals surface area contributed by atoms with E-state index in [-0.39, 0.29) is 32.7 Å². The van der Waals surface area contributed by atoms with E-state index in [2.05, 4.69) is 28.0 Å². The molecule has 0 aromatic rings. The first-order chi connectivity index (χ1) is 2.41. The Morgan fingerprint density at radius 2 is 1.50 bits per heavy atom. The molecule has 0 aliphatic rings. The molecule has 37 valence electrons. The molecule has 0 amide bonds. The Morgan fingerprint density at radius 3 is 1.50 bits per heavy atom. The smallest absolute Gasteiger partial charge is 0 e. The summed E-state index contributed by atoms with van der Waals surface area (Å²) in [4.78, 5) is 0. The minimum Gasteiger partial charge on any atom is -0.357 e. The summed E-state index contributed by atoms with van der Waals surface area (Å²) < 4.78 is 0. The molecule has 0 aliphatic carbocycles. The van der Waals surface area contributed by atoms with Crippen molar-refractivity contribution in [2.75, 3.05) is 6.26 Å². The predicted molar refractivity (Wildman–Crippen MR) is 33.2 cm³/mol. The third-order valence-corrected chi connectivity index (χ3v) is 0. The topological polar surface area (TPSA) is 0 Å². The first kappa shape index (κ1) is 15.7. The summed E-state index contributed by atoms with van der Waals surface area (Å²) in [6.07, 6.45) is 5.33. The van der Waals surface area contributed by atoms with E-state index in [1.54, 1.807) is 0 Å². The molecule has 0 fully saturated rings. The van der Waals surface area contributed by atoms with Gasteiger partial charge in [-0.05, 0) is 6.26 Å². The summed E-state index contributed by atoms with van der Waals surface area (Å²) >= 11 is 4.19. The molecule has 0 rings (SSSR count). The fourth-order valence-corrected chi connectivity index (χ4v) is 0. The van der Waals surface area contributed by atoms with Gasteiger partial charge in [0, 0.05) is 32.7 Å². The van der Waals surface area contributed by atoms with Gasteiger partial charge in [-0.2, -0.15) is 0 Å². The third-order valence-electron chi connectivity index (χ3n) is 0. The number of thioether (sulfide) groups is 1. The maximum atomic E-state index is 3.40. The van der Waals surface area contributed by atoms with Crippen LogP contribution in [0.3, 0.4) is 0 Å². The molecule has 0 nitrogen and oxygen atoms in total. The molecule has 0 unspecified atom stereocenters. The van der Waals surface area contributed by atoms with Crippen LogP contribution < -0.4 is 0 Å². The number of rotatable bonds is 0. The van der Waals surface area contributed by atoms with Crippen molar-refractivity contribution in [3.63, 3.8) is 0 Å². The van der Waals surface area contributed by atoms with Crippen LogP contribution in [0.25, 0.3) is 0 Å². The molecule has 0 bridgehead atoms. The molecule has 0 saturated heterocycles. The fourth-order valence-electron chi connectivity index (χ4n) is 0. The predicted octanol–water partition coefficient (Wildman–Crippen LogP) is 2.31. The van der Waals surface area contributed by atoms with E-state index in [0.29, 0.717) is 0 Å². The molecule has 0 aromatic heterocycles. The molecule has 6 heavy (non-hydrogen) atoms. The maximum absolute atomic E-state index is 3.40. The normalized spacial score (nSPS) is 4.00. The molecule has 0 aliphatic heterocycles. The number of hydrogen-bond acceptors (Lipinski definition) is 1. The van der Waals surface area contributed by atoms with Gasteiger partial charge in [0.05, 0.1) is 0 Å². The Morgan fingerprint density at radius 1 is 1.50 bits per heavy atom. The second-order valence-corrected chi connectivity index (χ2v) is 0.866. The van der Waals surface area contributed by atoms with Crippen LogP contribution in [-0.4, -0.2) is 6.26 Å². The fraction of sp³-hybridized carbons (Fsp3) is 0.333. The van der Waals surface area contributed by atoms with Crippen LogP contribution in [0.4, 0.5) is 0 Å². The van der Waals surface area contributed by atoms with Gasteiger partial charge in [-0.25, -0.2) is 0 Å². The van der Waals surface area contributed by atoms with Crippen LogP contribution in [-0.2, 0) is 32.7 Å². The van der Waals surface area contributed by atoms with Gasteiger partial charge in [-0.1, -0.05) is 0 Å². The quantitative estimate of drug-likeness (QED) is 0.589. The summed E-state index contributed by atoms with van der Waals surface area (Å²) in [5.74, 6) is 3.06. The summed E-state index contributed by atoms with van der Waals surface area (Å²) in [6.45, 7) is 0. The molecular formula is C3H7BrSY-2. The van der Waals surface area contributed by atoms with E-state index in [4.69, 9.17) is 0 Å². The largest absolute Gasteiger partial charge is 0.357 e. The zero-order valence-electron chi connectivity index (χ0n) is 3.78. The van der Waals surface area contributed by atoms with Gasteiger partial charge in [0.2, 0.25) is 0 Å². The number of hydrogen-bond donors (Lipinski definition) is 0. The van der Waals surface area contributed by atoms with Gasteiger partial charge in [0.15, 0.2) is 0 Å². The Labute approximate surface area is 77.8 Å². The average Bonchev–Trinajstić information content (AvgIpc) is 1.46. The van der Waals surface area contributed by atoms with Gasteiger partial charge in [-0.15, -0.1) is 0 Å². The first-order valence-electron chi connectivity index (χ1n) is 0.964. The van der Waals surface area contributed by atoms with Crippen LogP contribution in [0.5, 0.6) is 0 Å². The molecule has 0 heterocycles. The van der Waals surface area contributed by atoms with Crippen molar-refractivity contribution in [3.05, 3.63) is 12.1 Å². The molecule has 0 atom stereocenters. The molecule has 0 spiro atoms. The second-order valence-electron chi connectivity index (χ2n) is 0.289. The molecule has 0 N–H and O–H groups in total. The van der Waals surface area contributed by atoms with Gasteiger partial charge in [-0.3, -0.25) is 12.1 Å². The van der Waals surface area contributed by atoms with Gasteiger partial charge >= 0.3 is 0 Å². The SMILES string of the molecule is [CH2-]Br.[CH2-]SC.[Y]. The zero-order chi connectivity index (χ0) is 4.71. The first-order valence-corrected chi connectivity index (χ1v) is 3.48. The molecular weight excluding hydrogens is 237 g/mol. The van der Waals surface area contributed by atoms with Gasteiger partial charge < -0.3 is 27.7 Å². The van der Waals surface area contributed by atoms with Crippen molar-refractivity contribution < 1.29 is 32.7 Å². The average molecular weight is 244 g/mol. The summed E-state index contributed by atoms with van der Waals surface area (Å²) in [6, 6.07) is 0. The van der Waals surface area contributed by atoms with Crippen molar-refractivity contribution in [2.24, 2.45) is 0 Å². The summed E-state index contributed by atoms with van der Waals surface area (Å²) in [7, 11) is 0. The van der Waals surface area contributed by atoms with Crippen LogP contribution in [0.15, 0.2) is 0 Å². The van der Waals surface area contributed by atoms with Gasteiger partial charge in [0.25, 0.3) is 0 Å². The monoisotopic (exact) mass is 243 g/mol. The van der Waals surface area contributed by atoms with Crippen molar-refractivity contribution in [3.8, 4) is 0 Å². The molecule has 1 radical (unpaired) electrons. The van der Waals surface area contributed by atoms with Crippen LogP contribution in [0.2, 0.25) is 0 Å². The summed E-state index contributed by atoms with van der Waals surface area (Å²) in [5, 5.41) is 0. The molecule has 0 saturated carbocycles. The van der Waals surface area contributed by atoms with Crippen LogP contribution >= 0.6 is 27.7 Å². The minimum absolute atomic E-state index is 0. The van der Waals surface area contributed by atoms with Crippen molar-refractivity contribution in [1.82, 2.24) is 0 Å². The third kappa shape index (κ3) is 38.6. The zero-order valence-corrected chi connectivity index (χ0v) is 9.02. The van der Waals surface area contributed by atoms with Crippen LogP contribution in [0, 0.1) is 12.1 Å². The van der Waals surface area contributed by atoms with Crippen molar-refractivity contribution >= 4 is 27.7 Å². The van der Waals surface area contributed by atoms with Crippen molar-refractivity contribution in [2.45, 2.75) is 0 Å². The number of halogens is 1. The minimum atomic E-state index is 0. The van der Waals surface area contributed by atoms with E-state index in [1.165, 1.54) is 11.8 Å². The standard InChI is InChI=1S/C2H5S.CH2Br.Y/c1-3-2;1-2;/h1H2,2H3;1H2;/q2*-1;. The van der Waals surface area contributed by atoms with E-state index >= 15 is 0 Å². The summed E-state index contributed by atoms with van der Waals surface area (Å²) in [5.41, 5.74) is 0. The Bertz CT molecular complexity index is 10.8. The Kier molecular flexibility index (Phi) is 74.1. The molecule has 0 aromatic carbocycles. The Balaban J connectivity index is -0.0000000275. The Hall–Kier alpha value is 1.93.